The molecule has 33 heavy (non-hydrogen) atoms. The summed E-state index contributed by atoms with van der Waals surface area (Å²) in [6.07, 6.45) is -2.83. The van der Waals surface area contributed by atoms with Gasteiger partial charge in [-0.15, -0.1) is 0 Å². The Bertz CT molecular complexity index is 1350. The number of anilines is 1. The monoisotopic (exact) mass is 492 g/mol. The minimum atomic E-state index is -5.17. The molecule has 1 saturated heterocycles. The van der Waals surface area contributed by atoms with E-state index in [1.54, 1.807) is 4.90 Å². The van der Waals surface area contributed by atoms with Crippen LogP contribution >= 0.6 is 0 Å². The lowest BCUT2D eigenvalue weighted by molar-refractivity contribution is -0.140. The highest BCUT2D eigenvalue weighted by molar-refractivity contribution is 7.88. The molecule has 0 atom stereocenters. The molecule has 1 fully saturated rings. The van der Waals surface area contributed by atoms with Crippen LogP contribution in [0.1, 0.15) is 5.56 Å². The van der Waals surface area contributed by atoms with Gasteiger partial charge in [0, 0.05) is 45.0 Å². The van der Waals surface area contributed by atoms with Crippen molar-refractivity contribution in [1.29, 1.82) is 0 Å². The molecule has 178 valence electrons. The molecule has 2 aromatic heterocycles. The molecule has 0 radical (unpaired) electrons. The third-order valence-electron chi connectivity index (χ3n) is 5.30. The number of hydrogen-bond acceptors (Lipinski definition) is 7. The van der Waals surface area contributed by atoms with E-state index in [4.69, 9.17) is 0 Å². The maximum absolute atomic E-state index is 14.5. The average Bonchev–Trinajstić information content (AvgIpc) is 3.06. The molecule has 9 nitrogen and oxygen atoms in total. The number of nitrogens with zero attached hydrogens (tertiary/aromatic N) is 6. The minimum Gasteiger partial charge on any atom is -0.503 e. The molecule has 3 aromatic rings. The van der Waals surface area contributed by atoms with Crippen molar-refractivity contribution in [2.75, 3.05) is 37.3 Å². The van der Waals surface area contributed by atoms with Gasteiger partial charge in [0.25, 0.3) is 0 Å². The van der Waals surface area contributed by atoms with Gasteiger partial charge in [-0.2, -0.15) is 27.6 Å². The first kappa shape index (κ1) is 23.1. The Morgan fingerprint density at radius 1 is 1.09 bits per heavy atom. The summed E-state index contributed by atoms with van der Waals surface area (Å²) < 4.78 is 93.7. The number of rotatable bonds is 3. The van der Waals surface area contributed by atoms with Crippen molar-refractivity contribution in [3.8, 4) is 17.0 Å². The fraction of sp³-hybridized carbons (Fsp3) is 0.389. The highest BCUT2D eigenvalue weighted by atomic mass is 32.2. The molecule has 0 saturated carbocycles. The maximum atomic E-state index is 14.5. The van der Waals surface area contributed by atoms with E-state index in [9.17, 15) is 35.5 Å². The van der Waals surface area contributed by atoms with E-state index in [0.717, 1.165) is 6.26 Å². The third kappa shape index (κ3) is 4.06. The first-order chi connectivity index (χ1) is 15.3. The second-order valence-corrected chi connectivity index (χ2v) is 9.46. The summed E-state index contributed by atoms with van der Waals surface area (Å²) in [7, 11) is -1.91. The van der Waals surface area contributed by atoms with Gasteiger partial charge in [0.2, 0.25) is 16.0 Å². The van der Waals surface area contributed by atoms with Crippen LogP contribution < -0.4 is 4.90 Å². The highest BCUT2D eigenvalue weighted by Gasteiger charge is 2.38. The number of piperazine rings is 1. The number of benzene rings is 1. The fourth-order valence-corrected chi connectivity index (χ4v) is 4.43. The molecule has 0 bridgehead atoms. The Morgan fingerprint density at radius 2 is 1.73 bits per heavy atom. The van der Waals surface area contributed by atoms with Crippen LogP contribution in [0.25, 0.3) is 22.3 Å². The van der Waals surface area contributed by atoms with E-state index < -0.39 is 44.7 Å². The second kappa shape index (κ2) is 7.76. The van der Waals surface area contributed by atoms with Gasteiger partial charge in [0.1, 0.15) is 5.69 Å². The van der Waals surface area contributed by atoms with E-state index in [0.29, 0.717) is 13.1 Å². The lowest BCUT2D eigenvalue weighted by atomic mass is 10.0. The molecule has 1 aliphatic heterocycles. The van der Waals surface area contributed by atoms with Crippen LogP contribution in [0.5, 0.6) is 5.75 Å². The zero-order valence-corrected chi connectivity index (χ0v) is 18.0. The lowest BCUT2D eigenvalue weighted by Crippen LogP contribution is -2.48. The Morgan fingerprint density at radius 3 is 2.30 bits per heavy atom. The third-order valence-corrected chi connectivity index (χ3v) is 6.60. The van der Waals surface area contributed by atoms with Crippen LogP contribution in [-0.4, -0.2) is 70.0 Å². The molecule has 3 heterocycles. The Balaban J connectivity index is 1.75. The van der Waals surface area contributed by atoms with Crippen LogP contribution in [-0.2, 0) is 23.2 Å². The van der Waals surface area contributed by atoms with Gasteiger partial charge in [-0.05, 0) is 6.07 Å². The molecule has 15 heteroatoms. The van der Waals surface area contributed by atoms with Crippen molar-refractivity contribution >= 4 is 27.0 Å². The number of aryl methyl sites for hydroxylation is 1. The van der Waals surface area contributed by atoms with E-state index in [1.807, 2.05) is 0 Å². The predicted molar refractivity (Wildman–Crippen MR) is 107 cm³/mol. The van der Waals surface area contributed by atoms with Crippen molar-refractivity contribution in [2.45, 2.75) is 6.18 Å². The number of hydrogen-bond donors (Lipinski definition) is 1. The average molecular weight is 492 g/mol. The van der Waals surface area contributed by atoms with Crippen LogP contribution in [0.15, 0.2) is 12.3 Å². The van der Waals surface area contributed by atoms with Crippen molar-refractivity contribution in [3.63, 3.8) is 0 Å². The van der Waals surface area contributed by atoms with Gasteiger partial charge in [-0.1, -0.05) is 0 Å². The predicted octanol–water partition coefficient (Wildman–Crippen LogP) is 2.11. The molecule has 4 rings (SSSR count). The number of sulfonamides is 1. The van der Waals surface area contributed by atoms with Gasteiger partial charge in [-0.25, -0.2) is 26.9 Å². The normalized spacial score (nSPS) is 16.0. The Hall–Kier alpha value is -3.07. The topological polar surface area (TPSA) is 104 Å². The van der Waals surface area contributed by atoms with Gasteiger partial charge in [0.15, 0.2) is 23.0 Å². The summed E-state index contributed by atoms with van der Waals surface area (Å²) in [6, 6.07) is 0.241. The molecule has 0 amide bonds. The summed E-state index contributed by atoms with van der Waals surface area (Å²) in [5, 5.41) is 13.7. The smallest absolute Gasteiger partial charge is 0.419 e. The SMILES string of the molecule is Cn1nc(-c2cc(C(F)(F)F)c(F)c(O)c2F)c2cnc(N3CCN(S(C)(=O)=O)CC3)nc21. The van der Waals surface area contributed by atoms with Crippen LogP contribution in [0.3, 0.4) is 0 Å². The molecule has 0 aliphatic carbocycles. The quantitative estimate of drug-likeness (QED) is 0.559. The maximum Gasteiger partial charge on any atom is 0.419 e. The van der Waals surface area contributed by atoms with E-state index in [2.05, 4.69) is 15.1 Å². The Labute approximate surface area is 184 Å². The van der Waals surface area contributed by atoms with E-state index >= 15 is 0 Å². The van der Waals surface area contributed by atoms with Crippen molar-refractivity contribution in [3.05, 3.63) is 29.5 Å². The van der Waals surface area contributed by atoms with E-state index in [-0.39, 0.29) is 41.8 Å². The minimum absolute atomic E-state index is 0.0778. The van der Waals surface area contributed by atoms with Crippen molar-refractivity contribution in [1.82, 2.24) is 24.1 Å². The first-order valence-electron chi connectivity index (χ1n) is 9.47. The number of aromatic hydroxyl groups is 1. The van der Waals surface area contributed by atoms with Crippen LogP contribution in [0.4, 0.5) is 27.9 Å². The number of phenols is 1. The number of alkyl halides is 3. The van der Waals surface area contributed by atoms with Gasteiger partial charge >= 0.3 is 6.18 Å². The summed E-state index contributed by atoms with van der Waals surface area (Å²) in [6.45, 7) is 1.05. The standard InChI is InChI=1S/C18H17F5N6O3S/c1-27-16-10(8-24-17(25-16)28-3-5-29(6-4-28)33(2,31)32)14(26-27)9-7-11(18(21,22)23)13(20)15(30)12(9)19/h7-8,30H,3-6H2,1-2H3. The van der Waals surface area contributed by atoms with Gasteiger partial charge < -0.3 is 10.0 Å². The Kier molecular flexibility index (Phi) is 5.43. The van der Waals surface area contributed by atoms with E-state index in [1.165, 1.54) is 22.2 Å². The zero-order valence-electron chi connectivity index (χ0n) is 17.2. The number of halogens is 5. The molecular weight excluding hydrogens is 475 g/mol. The summed E-state index contributed by atoms with van der Waals surface area (Å²) in [5.41, 5.74) is -2.75. The summed E-state index contributed by atoms with van der Waals surface area (Å²) in [4.78, 5) is 10.2. The molecular formula is C18H17F5N6O3S. The first-order valence-corrected chi connectivity index (χ1v) is 11.3. The number of aromatic nitrogens is 4. The highest BCUT2D eigenvalue weighted by Crippen LogP contribution is 2.41. The number of fused-ring (bicyclic) bond motifs is 1. The molecule has 1 N–H and O–H groups in total. The van der Waals surface area contributed by atoms with Crippen LogP contribution in [0, 0.1) is 11.6 Å². The van der Waals surface area contributed by atoms with Crippen molar-refractivity contribution < 1.29 is 35.5 Å². The fourth-order valence-electron chi connectivity index (χ4n) is 3.60. The largest absolute Gasteiger partial charge is 0.503 e. The number of phenolic OH excluding ortho intramolecular Hbond substituents is 1. The molecule has 1 aromatic carbocycles. The van der Waals surface area contributed by atoms with Crippen LogP contribution in [0.2, 0.25) is 0 Å². The molecule has 0 unspecified atom stereocenters. The summed E-state index contributed by atoms with van der Waals surface area (Å²) >= 11 is 0. The summed E-state index contributed by atoms with van der Waals surface area (Å²) in [5.74, 6) is -5.25. The lowest BCUT2D eigenvalue weighted by Gasteiger charge is -2.33. The second-order valence-electron chi connectivity index (χ2n) is 7.47. The van der Waals surface area contributed by atoms with Gasteiger partial charge in [0.05, 0.1) is 17.2 Å². The van der Waals surface area contributed by atoms with Crippen molar-refractivity contribution in [2.24, 2.45) is 7.05 Å². The van der Waals surface area contributed by atoms with Gasteiger partial charge in [-0.3, -0.25) is 0 Å². The zero-order chi connectivity index (χ0) is 24.3. The molecule has 0 spiro atoms. The molecule has 1 aliphatic rings.